The summed E-state index contributed by atoms with van der Waals surface area (Å²) in [6, 6.07) is 0. The molecule has 0 aromatic rings. The van der Waals surface area contributed by atoms with Crippen LogP contribution in [-0.4, -0.2) is 47.6 Å². The molecule has 0 amide bonds. The number of alkyl halides is 15. The highest BCUT2D eigenvalue weighted by molar-refractivity contribution is 5.15. The first-order valence-electron chi connectivity index (χ1n) is 5.82. The molecule has 0 rings (SSSR count). The highest BCUT2D eigenvalue weighted by Crippen LogP contribution is 2.62. The van der Waals surface area contributed by atoms with E-state index in [1.165, 1.54) is 0 Å². The average Bonchev–Trinajstić information content (AvgIpc) is 2.43. The lowest BCUT2D eigenvalue weighted by Crippen LogP contribution is -2.73. The van der Waals surface area contributed by atoms with Crippen LogP contribution in [0.2, 0.25) is 0 Å². The summed E-state index contributed by atoms with van der Waals surface area (Å²) >= 11 is 0. The minimum atomic E-state index is -8.42. The van der Waals surface area contributed by atoms with Crippen LogP contribution in [0.25, 0.3) is 0 Å². The molecule has 0 N–H and O–H groups in total. The SMILES string of the molecule is CC(F)(F)C(F)(F)C(F)(F)C(F)(F)C(F)(F)C(F)(F)C(F)(F)C(F)[C](F)F. The normalized spacial score (nSPS) is 17.4. The van der Waals surface area contributed by atoms with E-state index in [9.17, 15) is 74.6 Å². The summed E-state index contributed by atoms with van der Waals surface area (Å²) in [5, 5.41) is 0. The van der Waals surface area contributed by atoms with Crippen LogP contribution in [0.3, 0.4) is 0 Å². The maximum Gasteiger partial charge on any atom is 0.384 e. The molecule has 1 radical (unpaired) electrons. The first-order chi connectivity index (χ1) is 11.4. The van der Waals surface area contributed by atoms with Crippen LogP contribution in [0, 0.1) is 6.43 Å². The van der Waals surface area contributed by atoms with Gasteiger partial charge in [0.1, 0.15) is 0 Å². The molecule has 0 nitrogen and oxygen atoms in total. The molecule has 0 heterocycles. The largest absolute Gasteiger partial charge is 0.384 e. The third kappa shape index (κ3) is 3.27. The van der Waals surface area contributed by atoms with E-state index in [0.29, 0.717) is 0 Å². The quantitative estimate of drug-likeness (QED) is 0.388. The van der Waals surface area contributed by atoms with Gasteiger partial charge < -0.3 is 0 Å². The lowest BCUT2D eigenvalue weighted by Gasteiger charge is -2.42. The number of hydrogen-bond donors (Lipinski definition) is 0. The molecule has 17 heteroatoms. The van der Waals surface area contributed by atoms with Crippen LogP contribution in [0.5, 0.6) is 0 Å². The van der Waals surface area contributed by atoms with Gasteiger partial charge in [-0.05, 0) is 0 Å². The third-order valence-corrected chi connectivity index (χ3v) is 3.06. The van der Waals surface area contributed by atoms with Crippen LogP contribution in [-0.2, 0) is 0 Å². The molecule has 0 bridgehead atoms. The van der Waals surface area contributed by atoms with Crippen LogP contribution < -0.4 is 0 Å². The van der Waals surface area contributed by atoms with Gasteiger partial charge in [-0.25, -0.2) is 4.39 Å². The topological polar surface area (TPSA) is 0 Å². The van der Waals surface area contributed by atoms with E-state index in [0.717, 1.165) is 0 Å². The molecule has 0 aliphatic rings. The van der Waals surface area contributed by atoms with E-state index in [4.69, 9.17) is 0 Å². The molecule has 0 aliphatic carbocycles. The standard InChI is InChI=1S/C10H4F17/c1-4(14,15)6(18,19)8(22,23)10(26,27)9(24,25)7(20,21)5(16,17)2(11)3(12)13/h2H,1H3. The molecule has 1 atom stereocenters. The highest BCUT2D eigenvalue weighted by Gasteiger charge is 2.93. The fourth-order valence-electron chi connectivity index (χ4n) is 1.37. The first-order valence-corrected chi connectivity index (χ1v) is 5.82. The van der Waals surface area contributed by atoms with Gasteiger partial charge in [0.2, 0.25) is 6.17 Å². The molecular formula is C10H4F17. The predicted molar refractivity (Wildman–Crippen MR) is 50.7 cm³/mol. The smallest absolute Gasteiger partial charge is 0.234 e. The van der Waals surface area contributed by atoms with Crippen molar-refractivity contribution in [1.29, 1.82) is 0 Å². The van der Waals surface area contributed by atoms with E-state index in [2.05, 4.69) is 0 Å². The fraction of sp³-hybridized carbons (Fsp3) is 0.900. The summed E-state index contributed by atoms with van der Waals surface area (Å²) < 4.78 is 216. The number of halogens is 17. The second-order valence-electron chi connectivity index (χ2n) is 5.04. The second-order valence-corrected chi connectivity index (χ2v) is 5.04. The zero-order valence-electron chi connectivity index (χ0n) is 12.0. The molecule has 163 valence electrons. The molecule has 0 saturated carbocycles. The van der Waals surface area contributed by atoms with Crippen LogP contribution >= 0.6 is 0 Å². The molecular weight excluding hydrogens is 443 g/mol. The van der Waals surface area contributed by atoms with Gasteiger partial charge in [0.05, 0.1) is 0 Å². The maximum absolute atomic E-state index is 13.1. The lowest BCUT2D eigenvalue weighted by molar-refractivity contribution is -0.443. The van der Waals surface area contributed by atoms with E-state index < -0.39 is 61.0 Å². The van der Waals surface area contributed by atoms with E-state index in [-0.39, 0.29) is 0 Å². The molecule has 0 aromatic heterocycles. The maximum atomic E-state index is 13.1. The van der Waals surface area contributed by atoms with Gasteiger partial charge in [-0.1, -0.05) is 0 Å². The summed E-state index contributed by atoms with van der Waals surface area (Å²) in [6.07, 6.45) is -10.1. The van der Waals surface area contributed by atoms with Gasteiger partial charge in [-0.2, -0.15) is 70.2 Å². The van der Waals surface area contributed by atoms with Crippen LogP contribution in [0.15, 0.2) is 0 Å². The van der Waals surface area contributed by atoms with Crippen molar-refractivity contribution in [3.8, 4) is 0 Å². The summed E-state index contributed by atoms with van der Waals surface area (Å²) in [5.41, 5.74) is 0. The zero-order valence-corrected chi connectivity index (χ0v) is 12.0. The lowest BCUT2D eigenvalue weighted by atomic mass is 9.88. The molecule has 0 aliphatic heterocycles. The molecule has 0 fully saturated rings. The Morgan fingerprint density at radius 3 is 1.04 bits per heavy atom. The Morgan fingerprint density at radius 2 is 0.778 bits per heavy atom. The van der Waals surface area contributed by atoms with Gasteiger partial charge in [0, 0.05) is 6.92 Å². The molecule has 1 unspecified atom stereocenters. The Hall–Kier alpha value is -1.19. The second kappa shape index (κ2) is 6.42. The van der Waals surface area contributed by atoms with Crippen molar-refractivity contribution >= 4 is 0 Å². The fourth-order valence-corrected chi connectivity index (χ4v) is 1.37. The predicted octanol–water partition coefficient (Wildman–Crippen LogP) is 6.22. The minimum Gasteiger partial charge on any atom is -0.234 e. The Bertz CT molecular complexity index is 526. The summed E-state index contributed by atoms with van der Waals surface area (Å²) in [4.78, 5) is 0. The number of hydrogen-bond acceptors (Lipinski definition) is 0. The van der Waals surface area contributed by atoms with Gasteiger partial charge in [0.25, 0.3) is 0 Å². The molecule has 0 aromatic carbocycles. The van der Waals surface area contributed by atoms with Crippen molar-refractivity contribution in [3.63, 3.8) is 0 Å². The van der Waals surface area contributed by atoms with E-state index in [1.54, 1.807) is 0 Å². The van der Waals surface area contributed by atoms with Crippen LogP contribution in [0.1, 0.15) is 6.92 Å². The van der Waals surface area contributed by atoms with Gasteiger partial charge in [-0.15, -0.1) is 0 Å². The van der Waals surface area contributed by atoms with Gasteiger partial charge in [0.15, 0.2) is 0 Å². The van der Waals surface area contributed by atoms with Crippen molar-refractivity contribution < 1.29 is 74.6 Å². The summed E-state index contributed by atoms with van der Waals surface area (Å²) in [6.45, 7) is -1.23. The Kier molecular flexibility index (Phi) is 6.14. The Morgan fingerprint density at radius 1 is 0.519 bits per heavy atom. The van der Waals surface area contributed by atoms with Crippen LogP contribution in [0.4, 0.5) is 74.6 Å². The minimum absolute atomic E-state index is 1.23. The average molecular weight is 447 g/mol. The Balaban J connectivity index is 6.56. The van der Waals surface area contributed by atoms with Gasteiger partial charge >= 0.3 is 47.9 Å². The first kappa shape index (κ1) is 25.8. The summed E-state index contributed by atoms with van der Waals surface area (Å²) in [5.74, 6) is -54.5. The highest BCUT2D eigenvalue weighted by atomic mass is 19.4. The molecule has 0 spiro atoms. The van der Waals surface area contributed by atoms with Crippen molar-refractivity contribution in [3.05, 3.63) is 6.43 Å². The van der Waals surface area contributed by atoms with Crippen molar-refractivity contribution in [1.82, 2.24) is 0 Å². The van der Waals surface area contributed by atoms with E-state index >= 15 is 0 Å². The third-order valence-electron chi connectivity index (χ3n) is 3.06. The number of rotatable bonds is 8. The van der Waals surface area contributed by atoms with Gasteiger partial charge in [-0.3, -0.25) is 0 Å². The zero-order chi connectivity index (χ0) is 22.7. The molecule has 0 saturated heterocycles. The van der Waals surface area contributed by atoms with Crippen molar-refractivity contribution in [2.75, 3.05) is 0 Å². The van der Waals surface area contributed by atoms with Crippen molar-refractivity contribution in [2.45, 2.75) is 54.6 Å². The van der Waals surface area contributed by atoms with E-state index in [1.807, 2.05) is 0 Å². The summed E-state index contributed by atoms with van der Waals surface area (Å²) in [7, 11) is 0. The molecule has 27 heavy (non-hydrogen) atoms. The Labute approximate surface area is 137 Å². The monoisotopic (exact) mass is 447 g/mol. The van der Waals surface area contributed by atoms with Crippen molar-refractivity contribution in [2.24, 2.45) is 0 Å².